The van der Waals surface area contributed by atoms with Crippen LogP contribution in [0.3, 0.4) is 0 Å². The first-order valence-electron chi connectivity index (χ1n) is 6.71. The second-order valence-electron chi connectivity index (χ2n) is 4.82. The summed E-state index contributed by atoms with van der Waals surface area (Å²) < 4.78 is 6.98. The molecular weight excluding hydrogens is 448 g/mol. The molecule has 8 heteroatoms. The monoisotopic (exact) mass is 460 g/mol. The van der Waals surface area contributed by atoms with Crippen molar-refractivity contribution in [1.29, 1.82) is 0 Å². The standard InChI is InChI=1S/C15H14Br2N2O3S/c1-4-22-12-10(16)6-8(7-11(12)17)5-9-13(20)18(2)15(23)19(3)14(9)21/h5-7H,4H2,1-3H3. The Balaban J connectivity index is 2.47. The number of benzene rings is 1. The Morgan fingerprint density at radius 1 is 1.13 bits per heavy atom. The SMILES string of the molecule is CCOc1c(Br)cc(C=C2C(=O)N(C)C(=S)N(C)C2=O)cc1Br. The van der Waals surface area contributed by atoms with Crippen LogP contribution in [-0.2, 0) is 9.59 Å². The van der Waals surface area contributed by atoms with Gasteiger partial charge in [0.2, 0.25) is 0 Å². The Hall–Kier alpha value is -1.25. The van der Waals surface area contributed by atoms with Crippen LogP contribution >= 0.6 is 44.1 Å². The van der Waals surface area contributed by atoms with Crippen LogP contribution in [0.1, 0.15) is 12.5 Å². The number of carbonyl (C=O) groups is 2. The Bertz CT molecular complexity index is 684. The van der Waals surface area contributed by atoms with Gasteiger partial charge in [0.25, 0.3) is 11.8 Å². The highest BCUT2D eigenvalue weighted by Crippen LogP contribution is 2.35. The molecule has 1 fully saturated rings. The van der Waals surface area contributed by atoms with Crippen molar-refractivity contribution in [2.45, 2.75) is 6.92 Å². The largest absolute Gasteiger partial charge is 0.492 e. The van der Waals surface area contributed by atoms with Crippen molar-refractivity contribution in [1.82, 2.24) is 9.80 Å². The van der Waals surface area contributed by atoms with Crippen LogP contribution in [0.4, 0.5) is 0 Å². The average molecular weight is 462 g/mol. The quantitative estimate of drug-likeness (QED) is 0.394. The summed E-state index contributed by atoms with van der Waals surface area (Å²) in [7, 11) is 3.09. The molecule has 122 valence electrons. The van der Waals surface area contributed by atoms with Gasteiger partial charge in [-0.1, -0.05) is 0 Å². The van der Waals surface area contributed by atoms with Crippen molar-refractivity contribution in [3.63, 3.8) is 0 Å². The third kappa shape index (κ3) is 3.49. The Labute approximate surface area is 156 Å². The summed E-state index contributed by atoms with van der Waals surface area (Å²) in [5.74, 6) is -0.162. The van der Waals surface area contributed by atoms with Gasteiger partial charge < -0.3 is 4.74 Å². The van der Waals surface area contributed by atoms with Crippen molar-refractivity contribution in [2.24, 2.45) is 0 Å². The fourth-order valence-electron chi connectivity index (χ4n) is 2.09. The van der Waals surface area contributed by atoms with Gasteiger partial charge in [-0.25, -0.2) is 0 Å². The second-order valence-corrected chi connectivity index (χ2v) is 6.89. The number of hydrogen-bond acceptors (Lipinski definition) is 4. The Kier molecular flexibility index (Phi) is 5.59. The van der Waals surface area contributed by atoms with E-state index in [4.69, 9.17) is 17.0 Å². The molecule has 0 N–H and O–H groups in total. The molecule has 5 nitrogen and oxygen atoms in total. The van der Waals surface area contributed by atoms with E-state index in [-0.39, 0.29) is 10.7 Å². The molecular formula is C15H14Br2N2O3S. The van der Waals surface area contributed by atoms with Gasteiger partial charge in [0.15, 0.2) is 5.11 Å². The molecule has 1 aromatic rings. The summed E-state index contributed by atoms with van der Waals surface area (Å²) in [5, 5.41) is 0.186. The summed E-state index contributed by atoms with van der Waals surface area (Å²) in [5.41, 5.74) is 0.755. The molecule has 0 aliphatic carbocycles. The lowest BCUT2D eigenvalue weighted by Gasteiger charge is -2.31. The van der Waals surface area contributed by atoms with E-state index in [9.17, 15) is 9.59 Å². The number of amides is 2. The lowest BCUT2D eigenvalue weighted by molar-refractivity contribution is -0.132. The lowest BCUT2D eigenvalue weighted by atomic mass is 10.1. The van der Waals surface area contributed by atoms with Crippen molar-refractivity contribution in [2.75, 3.05) is 20.7 Å². The van der Waals surface area contributed by atoms with Crippen LogP contribution < -0.4 is 4.74 Å². The minimum atomic E-state index is -0.417. The predicted molar refractivity (Wildman–Crippen MR) is 99.1 cm³/mol. The van der Waals surface area contributed by atoms with Crippen LogP contribution in [0.25, 0.3) is 6.08 Å². The third-order valence-corrected chi connectivity index (χ3v) is 4.99. The fourth-order valence-corrected chi connectivity index (χ4v) is 3.70. The molecule has 1 aliphatic heterocycles. The van der Waals surface area contributed by atoms with Gasteiger partial charge in [0.1, 0.15) is 11.3 Å². The minimum Gasteiger partial charge on any atom is -0.492 e. The first-order valence-corrected chi connectivity index (χ1v) is 8.71. The Morgan fingerprint density at radius 3 is 2.04 bits per heavy atom. The molecule has 23 heavy (non-hydrogen) atoms. The molecule has 0 saturated carbocycles. The van der Waals surface area contributed by atoms with E-state index >= 15 is 0 Å². The van der Waals surface area contributed by atoms with Crippen LogP contribution in [0.2, 0.25) is 0 Å². The van der Waals surface area contributed by atoms with Crippen LogP contribution in [0.5, 0.6) is 5.75 Å². The van der Waals surface area contributed by atoms with E-state index in [0.29, 0.717) is 17.9 Å². The van der Waals surface area contributed by atoms with Crippen molar-refractivity contribution < 1.29 is 14.3 Å². The smallest absolute Gasteiger partial charge is 0.265 e. The molecule has 1 aliphatic rings. The van der Waals surface area contributed by atoms with E-state index in [1.807, 2.05) is 6.92 Å². The molecule has 0 radical (unpaired) electrons. The van der Waals surface area contributed by atoms with Gasteiger partial charge in [-0.3, -0.25) is 19.4 Å². The summed E-state index contributed by atoms with van der Waals surface area (Å²) in [6.45, 7) is 2.42. The maximum Gasteiger partial charge on any atom is 0.265 e. The van der Waals surface area contributed by atoms with Crippen LogP contribution in [0.15, 0.2) is 26.7 Å². The molecule has 1 saturated heterocycles. The topological polar surface area (TPSA) is 49.9 Å². The molecule has 0 unspecified atom stereocenters. The molecule has 0 bridgehead atoms. The van der Waals surface area contributed by atoms with E-state index in [1.165, 1.54) is 9.80 Å². The zero-order valence-corrected chi connectivity index (χ0v) is 16.7. The van der Waals surface area contributed by atoms with Gasteiger partial charge in [-0.15, -0.1) is 0 Å². The Morgan fingerprint density at radius 2 is 1.61 bits per heavy atom. The molecule has 2 amide bonds. The summed E-state index contributed by atoms with van der Waals surface area (Å²) >= 11 is 11.9. The molecule has 2 rings (SSSR count). The summed E-state index contributed by atoms with van der Waals surface area (Å²) in [6, 6.07) is 3.58. The first kappa shape index (κ1) is 18.1. The van der Waals surface area contributed by atoms with Gasteiger partial charge in [0, 0.05) is 14.1 Å². The molecule has 0 aromatic heterocycles. The molecule has 1 heterocycles. The maximum atomic E-state index is 12.3. The average Bonchev–Trinajstić information content (AvgIpc) is 2.51. The number of likely N-dealkylation sites (N-methyl/N-ethyl adjacent to an activating group) is 2. The number of nitrogens with zero attached hydrogens (tertiary/aromatic N) is 2. The van der Waals surface area contributed by atoms with Crippen molar-refractivity contribution >= 4 is 67.1 Å². The lowest BCUT2D eigenvalue weighted by Crippen LogP contribution is -2.52. The van der Waals surface area contributed by atoms with Crippen molar-refractivity contribution in [3.8, 4) is 5.75 Å². The van der Waals surface area contributed by atoms with Gasteiger partial charge >= 0.3 is 0 Å². The molecule has 0 spiro atoms. The number of halogens is 2. The first-order chi connectivity index (χ1) is 10.8. The van der Waals surface area contributed by atoms with Crippen LogP contribution in [-0.4, -0.2) is 47.4 Å². The van der Waals surface area contributed by atoms with Gasteiger partial charge in [-0.2, -0.15) is 0 Å². The van der Waals surface area contributed by atoms with E-state index < -0.39 is 11.8 Å². The highest BCUT2D eigenvalue weighted by atomic mass is 79.9. The minimum absolute atomic E-state index is 0.0616. The third-order valence-electron chi connectivity index (χ3n) is 3.26. The number of rotatable bonds is 3. The highest BCUT2D eigenvalue weighted by Gasteiger charge is 2.35. The maximum absolute atomic E-state index is 12.3. The zero-order chi connectivity index (χ0) is 17.3. The normalized spacial score (nSPS) is 15.3. The van der Waals surface area contributed by atoms with E-state index in [1.54, 1.807) is 32.3 Å². The summed E-state index contributed by atoms with van der Waals surface area (Å²) in [4.78, 5) is 27.2. The highest BCUT2D eigenvalue weighted by molar-refractivity contribution is 9.11. The van der Waals surface area contributed by atoms with E-state index in [0.717, 1.165) is 8.95 Å². The van der Waals surface area contributed by atoms with Crippen molar-refractivity contribution in [3.05, 3.63) is 32.2 Å². The van der Waals surface area contributed by atoms with E-state index in [2.05, 4.69) is 31.9 Å². The van der Waals surface area contributed by atoms with Crippen LogP contribution in [0, 0.1) is 0 Å². The fraction of sp³-hybridized carbons (Fsp3) is 0.267. The molecule has 1 aromatic carbocycles. The number of thiocarbonyl (C=S) groups is 1. The number of ether oxygens (including phenoxy) is 1. The zero-order valence-electron chi connectivity index (χ0n) is 12.7. The second kappa shape index (κ2) is 7.11. The van der Waals surface area contributed by atoms with Gasteiger partial charge in [0.05, 0.1) is 15.6 Å². The summed E-state index contributed by atoms with van der Waals surface area (Å²) in [6.07, 6.45) is 1.55. The number of hydrogen-bond donors (Lipinski definition) is 0. The van der Waals surface area contributed by atoms with Gasteiger partial charge in [-0.05, 0) is 74.8 Å². The predicted octanol–water partition coefficient (Wildman–Crippen LogP) is 3.21. The number of carbonyl (C=O) groups excluding carboxylic acids is 2. The molecule has 0 atom stereocenters.